The Morgan fingerprint density at radius 3 is 1.13 bits per heavy atom. The van der Waals surface area contributed by atoms with Crippen molar-refractivity contribution in [2.75, 3.05) is 74.7 Å². The van der Waals surface area contributed by atoms with Gasteiger partial charge in [-0.1, -0.05) is 48.5 Å². The Morgan fingerprint density at radius 2 is 0.702 bits per heavy atom. The van der Waals surface area contributed by atoms with Gasteiger partial charge in [0.2, 0.25) is 0 Å². The molecule has 24 nitrogen and oxygen atoms in total. The number of esters is 1. The fourth-order valence-electron chi connectivity index (χ4n) is 14.1. The summed E-state index contributed by atoms with van der Waals surface area (Å²) in [6, 6.07) is 40.9. The molecule has 4 fully saturated rings. The second kappa shape index (κ2) is 37.2. The minimum absolute atomic E-state index is 0.00150. The standard InChI is InChI=1S/C20H22O6.C20H24O6.C20H22O6.C20H26O6/c1-24-18-7-12(3-5-17(18)23)20-15-10-25-19(14(15)9-26-20)11-2-4-16(22)13(6-11)8-21;1-25-19-8-13(3-5-18(19)24)20-16(10-22)15(11-26-20)7-12-2-4-17(23)14(6-12)9-21;1-25-19-9-13(3-5-18(19)23)8-16-15(11-26-20(16)24)7-12-2-4-17(22)14(6-12)10-21;1-26-20-9-14(3-5-19(20)25)7-16(11-22)15(10-21)6-13-2-4-18(24)17(8-13)12-23/h2-7,14-15,19-23H,8-10H2,1H3;2-6,8,15-16,20-24H,7,9-11H2,1H3;2-6,9,15-16,21-23H,7-8,10-11H2,1H3;2-5,8-9,15-16,21-25H,6-7,10-12H2,1H3. The lowest BCUT2D eigenvalue weighted by Crippen LogP contribution is -2.26. The summed E-state index contributed by atoms with van der Waals surface area (Å²) in [4.78, 5) is 12.2. The molecule has 0 aromatic heterocycles. The van der Waals surface area contributed by atoms with Gasteiger partial charge in [-0.15, -0.1) is 0 Å². The van der Waals surface area contributed by atoms with Crippen LogP contribution in [0.5, 0.6) is 69.0 Å². The number of phenols is 8. The smallest absolute Gasteiger partial charge is 0.309 e. The number of ether oxygens (including phenoxy) is 8. The lowest BCUT2D eigenvalue weighted by molar-refractivity contribution is -0.141. The van der Waals surface area contributed by atoms with Crippen molar-refractivity contribution in [2.45, 2.75) is 76.8 Å². The fraction of sp³-hybridized carbons (Fsp3) is 0.388. The number of benzene rings is 8. The predicted molar refractivity (Wildman–Crippen MR) is 379 cm³/mol. The number of aliphatic hydroxyl groups excluding tert-OH is 7. The summed E-state index contributed by atoms with van der Waals surface area (Å²) in [7, 11) is 5.97. The quantitative estimate of drug-likeness (QED) is 0.0238. The van der Waals surface area contributed by atoms with Gasteiger partial charge in [-0.2, -0.15) is 0 Å². The summed E-state index contributed by atoms with van der Waals surface area (Å²) >= 11 is 0. The number of methoxy groups -OCH3 is 4. The van der Waals surface area contributed by atoms with Crippen LogP contribution in [0, 0.1) is 47.3 Å². The van der Waals surface area contributed by atoms with E-state index in [4.69, 9.17) is 37.9 Å². The molecule has 4 heterocycles. The number of phenolic OH excluding ortho intramolecular Hbond substituents is 4. The maximum atomic E-state index is 12.2. The van der Waals surface area contributed by atoms with Crippen LogP contribution in [-0.4, -0.2) is 157 Å². The third-order valence-electron chi connectivity index (χ3n) is 20.0. The van der Waals surface area contributed by atoms with Crippen molar-refractivity contribution in [1.82, 2.24) is 0 Å². The molecule has 4 saturated heterocycles. The normalized spacial score (nSPS) is 20.7. The highest BCUT2D eigenvalue weighted by Gasteiger charge is 2.48. The Hall–Kier alpha value is -9.57. The van der Waals surface area contributed by atoms with Gasteiger partial charge in [0.05, 0.1) is 106 Å². The number of cyclic esters (lactones) is 1. The second-order valence-electron chi connectivity index (χ2n) is 26.4. The number of carbonyl (C=O) groups is 1. The van der Waals surface area contributed by atoms with Crippen LogP contribution in [0.25, 0.3) is 0 Å². The minimum Gasteiger partial charge on any atom is -0.508 e. The van der Waals surface area contributed by atoms with Gasteiger partial charge >= 0.3 is 5.97 Å². The fourth-order valence-corrected chi connectivity index (χ4v) is 14.1. The zero-order chi connectivity index (χ0) is 74.7. The van der Waals surface area contributed by atoms with Gasteiger partial charge < -0.3 is 114 Å². The van der Waals surface area contributed by atoms with Crippen molar-refractivity contribution in [3.05, 3.63) is 212 Å². The number of aliphatic hydroxyl groups is 7. The lowest BCUT2D eigenvalue weighted by atomic mass is 9.83. The van der Waals surface area contributed by atoms with Gasteiger partial charge in [0.25, 0.3) is 0 Å². The van der Waals surface area contributed by atoms with Crippen LogP contribution in [0.3, 0.4) is 0 Å². The molecule has 4 aliphatic heterocycles. The van der Waals surface area contributed by atoms with E-state index in [0.29, 0.717) is 104 Å². The number of hydrogen-bond donors (Lipinski definition) is 15. The first kappa shape index (κ1) is 78.6. The molecule has 0 aliphatic carbocycles. The van der Waals surface area contributed by atoms with Crippen LogP contribution in [0.1, 0.15) is 85.1 Å². The third kappa shape index (κ3) is 19.2. The average Bonchev–Trinajstić information content (AvgIpc) is 1.62. The van der Waals surface area contributed by atoms with E-state index in [1.54, 1.807) is 121 Å². The zero-order valence-corrected chi connectivity index (χ0v) is 58.4. The summed E-state index contributed by atoms with van der Waals surface area (Å²) in [5, 5.41) is 145. The van der Waals surface area contributed by atoms with Crippen LogP contribution in [0.2, 0.25) is 0 Å². The molecule has 8 aromatic rings. The van der Waals surface area contributed by atoms with Crippen molar-refractivity contribution >= 4 is 5.97 Å². The van der Waals surface area contributed by atoms with Crippen molar-refractivity contribution in [3.63, 3.8) is 0 Å². The number of carbonyl (C=O) groups excluding carboxylic acids is 1. The summed E-state index contributed by atoms with van der Waals surface area (Å²) < 4.78 is 43.9. The van der Waals surface area contributed by atoms with E-state index in [1.807, 2.05) is 18.2 Å². The molecule has 0 bridgehead atoms. The van der Waals surface area contributed by atoms with Crippen molar-refractivity contribution in [3.8, 4) is 69.0 Å². The molecule has 0 amide bonds. The molecule has 11 atom stereocenters. The van der Waals surface area contributed by atoms with Crippen molar-refractivity contribution in [2.24, 2.45) is 47.3 Å². The molecule has 24 heteroatoms. The number of aromatic hydroxyl groups is 8. The van der Waals surface area contributed by atoms with E-state index < -0.39 is 0 Å². The van der Waals surface area contributed by atoms with E-state index >= 15 is 0 Å². The Labute approximate surface area is 602 Å². The monoisotopic (exact) mass is 1440 g/mol. The molecule has 8 aromatic carbocycles. The molecule has 15 N–H and O–H groups in total. The molecule has 104 heavy (non-hydrogen) atoms. The Kier molecular flexibility index (Phi) is 28.1. The van der Waals surface area contributed by atoms with Crippen LogP contribution in [-0.2, 0) is 82.3 Å². The van der Waals surface area contributed by atoms with E-state index in [1.165, 1.54) is 34.5 Å². The SMILES string of the molecule is COc1cc(C2OCC(Cc3ccc(O)c(CO)c3)C2CO)ccc1O.COc1cc(C2OCC3C(c4ccc(O)c(CO)c4)OCC23)ccc1O.COc1cc(CC(CO)C(CO)Cc2ccc(O)c(CO)c2)ccc1O.COc1cc(CC2C(=O)OCC2Cc2ccc(O)c(CO)c2)ccc1O. The van der Waals surface area contributed by atoms with E-state index in [0.717, 1.165) is 44.5 Å². The van der Waals surface area contributed by atoms with E-state index in [9.17, 15) is 81.4 Å². The van der Waals surface area contributed by atoms with Crippen molar-refractivity contribution < 1.29 is 119 Å². The molecule has 11 unspecified atom stereocenters. The predicted octanol–water partition coefficient (Wildman–Crippen LogP) is 8.59. The molecule has 0 radical (unpaired) electrons. The average molecular weight is 1440 g/mol. The van der Waals surface area contributed by atoms with Gasteiger partial charge in [0.15, 0.2) is 46.0 Å². The van der Waals surface area contributed by atoms with Gasteiger partial charge in [0.1, 0.15) is 23.0 Å². The van der Waals surface area contributed by atoms with Gasteiger partial charge in [0, 0.05) is 65.7 Å². The summed E-state index contributed by atoms with van der Waals surface area (Å²) in [6.45, 7) is 0.807. The highest BCUT2D eigenvalue weighted by atomic mass is 16.5. The van der Waals surface area contributed by atoms with Crippen LogP contribution < -0.4 is 18.9 Å². The Morgan fingerprint density at radius 1 is 0.365 bits per heavy atom. The first-order valence-electron chi connectivity index (χ1n) is 34.2. The second-order valence-corrected chi connectivity index (χ2v) is 26.4. The molecule has 0 saturated carbocycles. The minimum atomic E-state index is -0.296. The number of fused-ring (bicyclic) bond motifs is 1. The molecule has 4 aliphatic rings. The van der Waals surface area contributed by atoms with Crippen LogP contribution in [0.4, 0.5) is 0 Å². The summed E-state index contributed by atoms with van der Waals surface area (Å²) in [5.41, 5.74) is 9.17. The van der Waals surface area contributed by atoms with Gasteiger partial charge in [-0.25, -0.2) is 0 Å². The first-order valence-corrected chi connectivity index (χ1v) is 34.2. The zero-order valence-electron chi connectivity index (χ0n) is 58.4. The van der Waals surface area contributed by atoms with Crippen LogP contribution in [0.15, 0.2) is 146 Å². The summed E-state index contributed by atoms with van der Waals surface area (Å²) in [6.07, 6.45) is 2.26. The highest BCUT2D eigenvalue weighted by molar-refractivity contribution is 5.75. The maximum absolute atomic E-state index is 12.2. The number of rotatable bonds is 25. The number of hydrogen-bond acceptors (Lipinski definition) is 24. The van der Waals surface area contributed by atoms with Gasteiger partial charge in [-0.05, 0) is 191 Å². The first-order chi connectivity index (χ1) is 50.2. The molecule has 558 valence electrons. The third-order valence-corrected chi connectivity index (χ3v) is 20.0. The molecular formula is C80H94O24. The lowest BCUT2D eigenvalue weighted by Gasteiger charge is -2.24. The van der Waals surface area contributed by atoms with E-state index in [-0.39, 0.29) is 164 Å². The molecule has 12 rings (SSSR count). The Balaban J connectivity index is 0.000000161. The summed E-state index contributed by atoms with van der Waals surface area (Å²) in [5.74, 6) is 1.53. The topological polar surface area (TPSA) is 394 Å². The maximum Gasteiger partial charge on any atom is 0.309 e. The largest absolute Gasteiger partial charge is 0.508 e. The van der Waals surface area contributed by atoms with Crippen LogP contribution >= 0.6 is 0 Å². The van der Waals surface area contributed by atoms with Gasteiger partial charge in [-0.3, -0.25) is 4.79 Å². The highest BCUT2D eigenvalue weighted by Crippen LogP contribution is 2.52. The Bertz CT molecular complexity index is 3840. The van der Waals surface area contributed by atoms with E-state index in [2.05, 4.69) is 0 Å². The molecular weight excluding hydrogens is 1340 g/mol. The molecule has 0 spiro atoms. The van der Waals surface area contributed by atoms with Crippen molar-refractivity contribution in [1.29, 1.82) is 0 Å².